The number of benzene rings is 2. The third kappa shape index (κ3) is 5.99. The van der Waals surface area contributed by atoms with E-state index in [2.05, 4.69) is 20.9 Å². The largest absolute Gasteiger partial charge is 0.326 e. The van der Waals surface area contributed by atoms with E-state index in [0.717, 1.165) is 0 Å². The van der Waals surface area contributed by atoms with Crippen molar-refractivity contribution in [2.75, 3.05) is 16.0 Å². The molecular weight excluding hydrogens is 400 g/mol. The molecule has 0 bridgehead atoms. The molecule has 0 fully saturated rings. The minimum atomic E-state index is -0.312. The average Bonchev–Trinajstić information content (AvgIpc) is 3.21. The summed E-state index contributed by atoms with van der Waals surface area (Å²) in [6, 6.07) is 13.3. The zero-order valence-electron chi connectivity index (χ0n) is 16.6. The summed E-state index contributed by atoms with van der Waals surface area (Å²) in [5.41, 5.74) is 1.99. The molecule has 154 valence electrons. The van der Waals surface area contributed by atoms with Gasteiger partial charge in [0.05, 0.1) is 0 Å². The first-order valence-electron chi connectivity index (χ1n) is 9.43. The Morgan fingerprint density at radius 2 is 1.63 bits per heavy atom. The lowest BCUT2D eigenvalue weighted by Crippen LogP contribution is -2.15. The van der Waals surface area contributed by atoms with Crippen molar-refractivity contribution in [1.29, 1.82) is 0 Å². The fourth-order valence-electron chi connectivity index (χ4n) is 2.68. The Labute approximate surface area is 178 Å². The number of carbonyl (C=O) groups excluding carboxylic acids is 3. The van der Waals surface area contributed by atoms with Crippen molar-refractivity contribution >= 4 is 45.6 Å². The average molecular weight is 423 g/mol. The lowest BCUT2D eigenvalue weighted by Gasteiger charge is -2.09. The van der Waals surface area contributed by atoms with Gasteiger partial charge in [0.2, 0.25) is 5.91 Å². The van der Waals surface area contributed by atoms with Crippen LogP contribution >= 0.6 is 11.3 Å². The van der Waals surface area contributed by atoms with E-state index >= 15 is 0 Å². The van der Waals surface area contributed by atoms with E-state index < -0.39 is 0 Å². The van der Waals surface area contributed by atoms with Crippen molar-refractivity contribution in [3.05, 3.63) is 71.2 Å². The van der Waals surface area contributed by atoms with Crippen molar-refractivity contribution in [3.8, 4) is 0 Å². The van der Waals surface area contributed by atoms with E-state index in [1.807, 2.05) is 13.8 Å². The summed E-state index contributed by atoms with van der Waals surface area (Å²) in [6.45, 7) is 3.95. The van der Waals surface area contributed by atoms with E-state index in [1.165, 1.54) is 11.3 Å². The standard InChI is InChI=1S/C22H22N4O3S/c1-14(2)12-19(27)24-17-8-6-15(7-9-17)20(28)25-18-5-3-4-16(13-18)21(29)26-22-23-10-11-30-22/h3-11,13-14H,12H2,1-2H3,(H,24,27)(H,25,28)(H,23,26,29). The highest BCUT2D eigenvalue weighted by Gasteiger charge is 2.11. The highest BCUT2D eigenvalue weighted by atomic mass is 32.1. The second kappa shape index (κ2) is 9.80. The van der Waals surface area contributed by atoms with Gasteiger partial charge in [0, 0.05) is 40.5 Å². The quantitative estimate of drug-likeness (QED) is 0.517. The third-order valence-electron chi connectivity index (χ3n) is 4.06. The Kier molecular flexibility index (Phi) is 6.92. The monoisotopic (exact) mass is 422 g/mol. The van der Waals surface area contributed by atoms with Gasteiger partial charge in [0.15, 0.2) is 5.13 Å². The molecule has 0 aliphatic heterocycles. The summed E-state index contributed by atoms with van der Waals surface area (Å²) < 4.78 is 0. The van der Waals surface area contributed by atoms with Crippen molar-refractivity contribution in [1.82, 2.24) is 4.98 Å². The third-order valence-corrected chi connectivity index (χ3v) is 4.75. The van der Waals surface area contributed by atoms with Gasteiger partial charge >= 0.3 is 0 Å². The maximum atomic E-state index is 12.5. The van der Waals surface area contributed by atoms with Gasteiger partial charge in [-0.05, 0) is 48.4 Å². The van der Waals surface area contributed by atoms with Crippen molar-refractivity contribution in [2.24, 2.45) is 5.92 Å². The smallest absolute Gasteiger partial charge is 0.257 e. The molecule has 0 radical (unpaired) electrons. The summed E-state index contributed by atoms with van der Waals surface area (Å²) in [7, 11) is 0. The number of nitrogens with zero attached hydrogens (tertiary/aromatic N) is 1. The Morgan fingerprint density at radius 1 is 0.900 bits per heavy atom. The van der Waals surface area contributed by atoms with Gasteiger partial charge in [0.1, 0.15) is 0 Å². The van der Waals surface area contributed by atoms with Crippen LogP contribution in [0.4, 0.5) is 16.5 Å². The van der Waals surface area contributed by atoms with Crippen molar-refractivity contribution in [2.45, 2.75) is 20.3 Å². The topological polar surface area (TPSA) is 100 Å². The summed E-state index contributed by atoms with van der Waals surface area (Å²) in [5.74, 6) is -0.403. The van der Waals surface area contributed by atoms with Crippen LogP contribution in [0.1, 0.15) is 41.0 Å². The molecule has 3 amide bonds. The van der Waals surface area contributed by atoms with Gasteiger partial charge in [-0.3, -0.25) is 19.7 Å². The van der Waals surface area contributed by atoms with Crippen LogP contribution in [0, 0.1) is 5.92 Å². The maximum Gasteiger partial charge on any atom is 0.257 e. The minimum Gasteiger partial charge on any atom is -0.326 e. The SMILES string of the molecule is CC(C)CC(=O)Nc1ccc(C(=O)Nc2cccc(C(=O)Nc3nccs3)c2)cc1. The number of aromatic nitrogens is 1. The van der Waals surface area contributed by atoms with E-state index in [-0.39, 0.29) is 23.6 Å². The highest BCUT2D eigenvalue weighted by Crippen LogP contribution is 2.17. The van der Waals surface area contributed by atoms with Crippen molar-refractivity contribution < 1.29 is 14.4 Å². The van der Waals surface area contributed by atoms with Gasteiger partial charge < -0.3 is 10.6 Å². The Bertz CT molecular complexity index is 1030. The summed E-state index contributed by atoms with van der Waals surface area (Å²) in [4.78, 5) is 40.7. The summed E-state index contributed by atoms with van der Waals surface area (Å²) in [5, 5.41) is 10.6. The van der Waals surface area contributed by atoms with Crippen LogP contribution < -0.4 is 16.0 Å². The first-order valence-corrected chi connectivity index (χ1v) is 10.3. The number of hydrogen-bond acceptors (Lipinski definition) is 5. The fraction of sp³-hybridized carbons (Fsp3) is 0.182. The van der Waals surface area contributed by atoms with Crippen LogP contribution in [0.3, 0.4) is 0 Å². The van der Waals surface area contributed by atoms with E-state index in [9.17, 15) is 14.4 Å². The number of amides is 3. The van der Waals surface area contributed by atoms with Crippen LogP contribution in [0.5, 0.6) is 0 Å². The lowest BCUT2D eigenvalue weighted by atomic mass is 10.1. The molecule has 0 unspecified atom stereocenters. The van der Waals surface area contributed by atoms with Gasteiger partial charge in [-0.25, -0.2) is 4.98 Å². The number of anilines is 3. The summed E-state index contributed by atoms with van der Waals surface area (Å²) >= 11 is 1.33. The Balaban J connectivity index is 1.61. The molecule has 0 spiro atoms. The van der Waals surface area contributed by atoms with Crippen LogP contribution in [0.25, 0.3) is 0 Å². The molecular formula is C22H22N4O3S. The second-order valence-corrected chi connectivity index (χ2v) is 7.94. The van der Waals surface area contributed by atoms with Crippen LogP contribution in [0.15, 0.2) is 60.1 Å². The van der Waals surface area contributed by atoms with E-state index in [1.54, 1.807) is 60.1 Å². The molecule has 7 nitrogen and oxygen atoms in total. The highest BCUT2D eigenvalue weighted by molar-refractivity contribution is 7.13. The molecule has 3 rings (SSSR count). The van der Waals surface area contributed by atoms with Crippen LogP contribution in [-0.2, 0) is 4.79 Å². The number of hydrogen-bond donors (Lipinski definition) is 3. The molecule has 0 aliphatic rings. The normalized spacial score (nSPS) is 10.5. The number of thiazole rings is 1. The summed E-state index contributed by atoms with van der Waals surface area (Å²) in [6.07, 6.45) is 2.05. The first-order chi connectivity index (χ1) is 14.4. The molecule has 0 aliphatic carbocycles. The van der Waals surface area contributed by atoms with Crippen LogP contribution in [0.2, 0.25) is 0 Å². The van der Waals surface area contributed by atoms with Gasteiger partial charge in [-0.1, -0.05) is 19.9 Å². The molecule has 30 heavy (non-hydrogen) atoms. The minimum absolute atomic E-state index is 0.0601. The predicted octanol–water partition coefficient (Wildman–Crippen LogP) is 4.63. The van der Waals surface area contributed by atoms with Gasteiger partial charge in [-0.2, -0.15) is 0 Å². The molecule has 8 heteroatoms. The zero-order valence-corrected chi connectivity index (χ0v) is 17.5. The number of rotatable bonds is 7. The van der Waals surface area contributed by atoms with E-state index in [4.69, 9.17) is 0 Å². The molecule has 2 aromatic carbocycles. The second-order valence-electron chi connectivity index (χ2n) is 7.05. The number of nitrogens with one attached hydrogen (secondary N) is 3. The van der Waals surface area contributed by atoms with Gasteiger partial charge in [-0.15, -0.1) is 11.3 Å². The molecule has 1 heterocycles. The van der Waals surface area contributed by atoms with Gasteiger partial charge in [0.25, 0.3) is 11.8 Å². The molecule has 1 aromatic heterocycles. The predicted molar refractivity (Wildman–Crippen MR) is 119 cm³/mol. The fourth-order valence-corrected chi connectivity index (χ4v) is 3.21. The Hall–Kier alpha value is -3.52. The maximum absolute atomic E-state index is 12.5. The molecule has 3 N–H and O–H groups in total. The van der Waals surface area contributed by atoms with Crippen molar-refractivity contribution in [3.63, 3.8) is 0 Å². The molecule has 0 atom stereocenters. The first kappa shape index (κ1) is 21.2. The van der Waals surface area contributed by atoms with E-state index in [0.29, 0.717) is 34.1 Å². The molecule has 3 aromatic rings. The Morgan fingerprint density at radius 3 is 2.30 bits per heavy atom. The lowest BCUT2D eigenvalue weighted by molar-refractivity contribution is -0.116. The van der Waals surface area contributed by atoms with Crippen LogP contribution in [-0.4, -0.2) is 22.7 Å². The molecule has 0 saturated heterocycles. The number of carbonyl (C=O) groups is 3. The molecule has 0 saturated carbocycles. The zero-order chi connectivity index (χ0) is 21.5.